The smallest absolute Gasteiger partial charge is 0.336 e. The number of amides is 1. The minimum Gasteiger partial charge on any atom is -0.497 e. The maximum absolute atomic E-state index is 12.2. The second-order valence-electron chi connectivity index (χ2n) is 8.23. The Morgan fingerprint density at radius 3 is 2.42 bits per heavy atom. The average molecular weight is 421 g/mol. The van der Waals surface area contributed by atoms with E-state index in [1.165, 1.54) is 0 Å². The summed E-state index contributed by atoms with van der Waals surface area (Å²) in [6.45, 7) is 4.70. The van der Waals surface area contributed by atoms with E-state index in [1.54, 1.807) is 11.8 Å². The number of hydrogen-bond acceptors (Lipinski definition) is 5. The lowest BCUT2D eigenvalue weighted by Gasteiger charge is -2.24. The van der Waals surface area contributed by atoms with E-state index in [0.29, 0.717) is 24.4 Å². The molecular weight excluding hydrogens is 392 g/mol. The molecule has 3 aromatic rings. The van der Waals surface area contributed by atoms with E-state index in [2.05, 4.69) is 29.2 Å². The lowest BCUT2D eigenvalue weighted by Crippen LogP contribution is -2.27. The van der Waals surface area contributed by atoms with Crippen molar-refractivity contribution in [3.8, 4) is 28.8 Å². The molecule has 1 saturated carbocycles. The van der Waals surface area contributed by atoms with Crippen LogP contribution in [0.15, 0.2) is 48.5 Å². The first-order valence-electron chi connectivity index (χ1n) is 10.7. The molecule has 0 radical (unpaired) electrons. The Morgan fingerprint density at radius 2 is 1.84 bits per heavy atom. The van der Waals surface area contributed by atoms with Crippen molar-refractivity contribution < 1.29 is 14.3 Å². The van der Waals surface area contributed by atoms with Crippen LogP contribution in [0.2, 0.25) is 0 Å². The molecular formula is C24H28N4O3. The summed E-state index contributed by atoms with van der Waals surface area (Å²) in [6, 6.07) is 15.6. The van der Waals surface area contributed by atoms with Crippen molar-refractivity contribution in [3.05, 3.63) is 48.5 Å². The summed E-state index contributed by atoms with van der Waals surface area (Å²) in [4.78, 5) is 16.8. The minimum atomic E-state index is 0.100. The number of anilines is 1. The Labute approximate surface area is 182 Å². The van der Waals surface area contributed by atoms with E-state index < -0.39 is 0 Å². The Morgan fingerprint density at radius 1 is 1.13 bits per heavy atom. The Hall–Kier alpha value is -3.35. The second-order valence-corrected chi connectivity index (χ2v) is 8.23. The fraction of sp³-hybridized carbons (Fsp3) is 0.375. The van der Waals surface area contributed by atoms with E-state index in [9.17, 15) is 4.79 Å². The quantitative estimate of drug-likeness (QED) is 0.571. The molecule has 1 aliphatic carbocycles. The zero-order valence-corrected chi connectivity index (χ0v) is 18.2. The summed E-state index contributed by atoms with van der Waals surface area (Å²) in [6.07, 6.45) is 3.10. The van der Waals surface area contributed by atoms with E-state index in [4.69, 9.17) is 9.47 Å². The lowest BCUT2D eigenvalue weighted by molar-refractivity contribution is -0.122. The van der Waals surface area contributed by atoms with Crippen molar-refractivity contribution >= 4 is 11.6 Å². The monoisotopic (exact) mass is 420 g/mol. The molecule has 1 fully saturated rings. The maximum Gasteiger partial charge on any atom is 0.336 e. The molecule has 1 amide bonds. The first-order valence-corrected chi connectivity index (χ1v) is 10.7. The molecule has 0 aliphatic heterocycles. The zero-order valence-electron chi connectivity index (χ0n) is 18.2. The van der Waals surface area contributed by atoms with Gasteiger partial charge in [0.05, 0.1) is 19.4 Å². The van der Waals surface area contributed by atoms with Crippen LogP contribution in [0.4, 0.5) is 5.69 Å². The summed E-state index contributed by atoms with van der Waals surface area (Å²) in [7, 11) is 1.64. The topological polar surface area (TPSA) is 78.3 Å². The minimum absolute atomic E-state index is 0.100. The number of ether oxygens (including phenoxy) is 2. The predicted molar refractivity (Wildman–Crippen MR) is 120 cm³/mol. The van der Waals surface area contributed by atoms with Gasteiger partial charge in [0, 0.05) is 17.2 Å². The molecule has 0 bridgehead atoms. The van der Waals surface area contributed by atoms with Crippen LogP contribution in [-0.2, 0) is 4.79 Å². The molecule has 1 N–H and O–H groups in total. The summed E-state index contributed by atoms with van der Waals surface area (Å²) in [5.74, 6) is 2.07. The highest BCUT2D eigenvalue weighted by Crippen LogP contribution is 2.29. The fourth-order valence-corrected chi connectivity index (χ4v) is 3.30. The molecule has 0 saturated heterocycles. The molecule has 7 heteroatoms. The third kappa shape index (κ3) is 4.87. The number of nitrogens with zero attached hydrogens (tertiary/aromatic N) is 3. The number of carbonyl (C=O) groups is 1. The van der Waals surface area contributed by atoms with E-state index >= 15 is 0 Å². The van der Waals surface area contributed by atoms with Gasteiger partial charge in [0.15, 0.2) is 5.82 Å². The number of hydrogen-bond donors (Lipinski definition) is 1. The van der Waals surface area contributed by atoms with Gasteiger partial charge in [-0.1, -0.05) is 20.3 Å². The van der Waals surface area contributed by atoms with Crippen LogP contribution < -0.4 is 14.8 Å². The van der Waals surface area contributed by atoms with Gasteiger partial charge < -0.3 is 14.8 Å². The van der Waals surface area contributed by atoms with Gasteiger partial charge in [-0.3, -0.25) is 4.79 Å². The molecule has 7 nitrogen and oxygen atoms in total. The van der Waals surface area contributed by atoms with Crippen LogP contribution in [-0.4, -0.2) is 34.4 Å². The molecule has 0 atom stereocenters. The summed E-state index contributed by atoms with van der Waals surface area (Å²) < 4.78 is 12.8. The maximum atomic E-state index is 12.2. The van der Waals surface area contributed by atoms with Gasteiger partial charge in [-0.15, -0.1) is 5.10 Å². The Balaban J connectivity index is 1.60. The van der Waals surface area contributed by atoms with Crippen molar-refractivity contribution in [3.63, 3.8) is 0 Å². The standard InChI is InChI=1S/C24H28N4O3/c1-16(2)15-31-24-26-22(17-7-13-21(30-3)14-8-17)28(27-24)20-11-9-19(10-12-20)25-23(29)18-5-4-6-18/h7-14,16,18H,4-6,15H2,1-3H3,(H,25,29). The average Bonchev–Trinajstić information content (AvgIpc) is 3.16. The SMILES string of the molecule is COc1ccc(-c2nc(OCC(C)C)nn2-c2ccc(NC(=O)C3CCC3)cc2)cc1. The number of benzene rings is 2. The van der Waals surface area contributed by atoms with Gasteiger partial charge in [-0.05, 0) is 67.3 Å². The van der Waals surface area contributed by atoms with Crippen LogP contribution >= 0.6 is 0 Å². The molecule has 2 aromatic carbocycles. The summed E-state index contributed by atoms with van der Waals surface area (Å²) in [5, 5.41) is 7.57. The van der Waals surface area contributed by atoms with Gasteiger partial charge in [-0.25, -0.2) is 4.68 Å². The van der Waals surface area contributed by atoms with E-state index in [-0.39, 0.29) is 11.8 Å². The van der Waals surface area contributed by atoms with E-state index in [0.717, 1.165) is 42.0 Å². The van der Waals surface area contributed by atoms with Gasteiger partial charge in [0.2, 0.25) is 5.91 Å². The van der Waals surface area contributed by atoms with Crippen molar-refractivity contribution in [1.82, 2.24) is 14.8 Å². The van der Waals surface area contributed by atoms with Crippen LogP contribution in [0.1, 0.15) is 33.1 Å². The van der Waals surface area contributed by atoms with Gasteiger partial charge in [-0.2, -0.15) is 4.98 Å². The van der Waals surface area contributed by atoms with Gasteiger partial charge >= 0.3 is 6.01 Å². The van der Waals surface area contributed by atoms with Crippen LogP contribution in [0, 0.1) is 11.8 Å². The number of nitrogens with one attached hydrogen (secondary N) is 1. The first-order chi connectivity index (χ1) is 15.0. The lowest BCUT2D eigenvalue weighted by atomic mass is 9.85. The highest BCUT2D eigenvalue weighted by molar-refractivity contribution is 5.93. The summed E-state index contributed by atoms with van der Waals surface area (Å²) in [5.41, 5.74) is 2.51. The molecule has 1 aliphatic rings. The Bertz CT molecular complexity index is 1020. The van der Waals surface area contributed by atoms with Crippen molar-refractivity contribution in [2.45, 2.75) is 33.1 Å². The molecule has 162 valence electrons. The highest BCUT2D eigenvalue weighted by Gasteiger charge is 2.25. The number of carbonyl (C=O) groups excluding carboxylic acids is 1. The molecule has 1 aromatic heterocycles. The molecule has 0 spiro atoms. The van der Waals surface area contributed by atoms with Gasteiger partial charge in [0.1, 0.15) is 5.75 Å². The molecule has 1 heterocycles. The third-order valence-corrected chi connectivity index (χ3v) is 5.34. The fourth-order valence-electron chi connectivity index (χ4n) is 3.30. The summed E-state index contributed by atoms with van der Waals surface area (Å²) >= 11 is 0. The van der Waals surface area contributed by atoms with Crippen LogP contribution in [0.3, 0.4) is 0 Å². The van der Waals surface area contributed by atoms with Crippen molar-refractivity contribution in [2.24, 2.45) is 11.8 Å². The first kappa shape index (κ1) is 20.9. The molecule has 31 heavy (non-hydrogen) atoms. The van der Waals surface area contributed by atoms with E-state index in [1.807, 2.05) is 48.5 Å². The Kier molecular flexibility index (Phi) is 6.21. The molecule has 4 rings (SSSR count). The van der Waals surface area contributed by atoms with Crippen LogP contribution in [0.25, 0.3) is 17.1 Å². The third-order valence-electron chi connectivity index (χ3n) is 5.34. The van der Waals surface area contributed by atoms with Crippen LogP contribution in [0.5, 0.6) is 11.8 Å². The number of aromatic nitrogens is 3. The second kappa shape index (κ2) is 9.20. The number of methoxy groups -OCH3 is 1. The van der Waals surface area contributed by atoms with Gasteiger partial charge in [0.25, 0.3) is 0 Å². The highest BCUT2D eigenvalue weighted by atomic mass is 16.5. The zero-order chi connectivity index (χ0) is 21.8. The normalized spacial score (nSPS) is 13.7. The van der Waals surface area contributed by atoms with Crippen molar-refractivity contribution in [1.29, 1.82) is 0 Å². The predicted octanol–water partition coefficient (Wildman–Crippen LogP) is 4.72. The number of rotatable bonds is 8. The largest absolute Gasteiger partial charge is 0.497 e. The van der Waals surface area contributed by atoms with Crippen molar-refractivity contribution in [2.75, 3.05) is 19.0 Å². The molecule has 0 unspecified atom stereocenters.